The molecule has 0 aliphatic rings. The molecule has 17 heavy (non-hydrogen) atoms. The van der Waals surface area contributed by atoms with Gasteiger partial charge in [0.1, 0.15) is 11.9 Å². The van der Waals surface area contributed by atoms with E-state index < -0.39 is 6.10 Å². The van der Waals surface area contributed by atoms with Crippen LogP contribution in [-0.2, 0) is 13.0 Å². The third-order valence-corrected chi connectivity index (χ3v) is 3.13. The van der Waals surface area contributed by atoms with Crippen molar-refractivity contribution in [1.29, 1.82) is 0 Å². The van der Waals surface area contributed by atoms with Crippen LogP contribution in [0.2, 0.25) is 5.02 Å². The first kappa shape index (κ1) is 12.1. The van der Waals surface area contributed by atoms with Gasteiger partial charge in [0.05, 0.1) is 0 Å². The van der Waals surface area contributed by atoms with E-state index in [1.807, 2.05) is 42.0 Å². The lowest BCUT2D eigenvalue weighted by molar-refractivity contribution is 0.164. The SMILES string of the molecule is CCn1ccnc1C(O)Cc1ccccc1Cl. The zero-order valence-corrected chi connectivity index (χ0v) is 10.4. The van der Waals surface area contributed by atoms with Crippen LogP contribution in [0.1, 0.15) is 24.4 Å². The molecule has 0 amide bonds. The summed E-state index contributed by atoms with van der Waals surface area (Å²) in [4.78, 5) is 4.18. The van der Waals surface area contributed by atoms with Gasteiger partial charge in [-0.1, -0.05) is 29.8 Å². The molecule has 1 atom stereocenters. The van der Waals surface area contributed by atoms with Crippen molar-refractivity contribution in [3.8, 4) is 0 Å². The highest BCUT2D eigenvalue weighted by Gasteiger charge is 2.15. The number of nitrogens with zero attached hydrogens (tertiary/aromatic N) is 2. The summed E-state index contributed by atoms with van der Waals surface area (Å²) in [6.45, 7) is 2.82. The van der Waals surface area contributed by atoms with Crippen LogP contribution >= 0.6 is 11.6 Å². The predicted molar refractivity (Wildman–Crippen MR) is 68.0 cm³/mol. The van der Waals surface area contributed by atoms with Gasteiger partial charge in [0.25, 0.3) is 0 Å². The Balaban J connectivity index is 2.17. The molecule has 3 nitrogen and oxygen atoms in total. The number of imidazole rings is 1. The zero-order valence-electron chi connectivity index (χ0n) is 9.68. The molecule has 1 heterocycles. The van der Waals surface area contributed by atoms with Crippen molar-refractivity contribution in [2.24, 2.45) is 0 Å². The summed E-state index contributed by atoms with van der Waals surface area (Å²) in [7, 11) is 0. The number of aliphatic hydroxyl groups excluding tert-OH is 1. The van der Waals surface area contributed by atoms with Crippen molar-refractivity contribution < 1.29 is 5.11 Å². The quantitative estimate of drug-likeness (QED) is 0.906. The topological polar surface area (TPSA) is 38.0 Å². The van der Waals surface area contributed by atoms with Crippen LogP contribution in [0.5, 0.6) is 0 Å². The average Bonchev–Trinajstić information content (AvgIpc) is 2.80. The number of halogens is 1. The fourth-order valence-electron chi connectivity index (χ4n) is 1.85. The maximum atomic E-state index is 10.2. The molecule has 0 aliphatic heterocycles. The van der Waals surface area contributed by atoms with Gasteiger partial charge in [-0.2, -0.15) is 0 Å². The normalized spacial score (nSPS) is 12.6. The number of hydrogen-bond acceptors (Lipinski definition) is 2. The van der Waals surface area contributed by atoms with E-state index in [1.54, 1.807) is 6.20 Å². The van der Waals surface area contributed by atoms with Crippen LogP contribution in [0, 0.1) is 0 Å². The Morgan fingerprint density at radius 3 is 2.88 bits per heavy atom. The number of aryl methyl sites for hydroxylation is 1. The fourth-order valence-corrected chi connectivity index (χ4v) is 2.06. The predicted octanol–water partition coefficient (Wildman–Crippen LogP) is 2.83. The third-order valence-electron chi connectivity index (χ3n) is 2.76. The van der Waals surface area contributed by atoms with Crippen molar-refractivity contribution >= 4 is 11.6 Å². The number of aromatic nitrogens is 2. The van der Waals surface area contributed by atoms with Gasteiger partial charge in [0.15, 0.2) is 0 Å². The monoisotopic (exact) mass is 250 g/mol. The molecular formula is C13H15ClN2O. The minimum absolute atomic E-state index is 0.483. The van der Waals surface area contributed by atoms with Crippen LogP contribution < -0.4 is 0 Å². The van der Waals surface area contributed by atoms with E-state index in [4.69, 9.17) is 11.6 Å². The van der Waals surface area contributed by atoms with Gasteiger partial charge < -0.3 is 9.67 Å². The molecule has 1 aromatic heterocycles. The molecule has 0 saturated heterocycles. The molecule has 2 aromatic rings. The molecule has 4 heteroatoms. The summed E-state index contributed by atoms with van der Waals surface area (Å²) in [6, 6.07) is 7.55. The first-order valence-corrected chi connectivity index (χ1v) is 6.02. The van der Waals surface area contributed by atoms with Crippen LogP contribution in [0.25, 0.3) is 0 Å². The number of aliphatic hydroxyl groups is 1. The minimum atomic E-state index is -0.621. The maximum absolute atomic E-state index is 10.2. The van der Waals surface area contributed by atoms with Gasteiger partial charge in [-0.15, -0.1) is 0 Å². The Hall–Kier alpha value is -1.32. The summed E-state index contributed by atoms with van der Waals surface area (Å²) in [5.41, 5.74) is 0.937. The highest BCUT2D eigenvalue weighted by atomic mass is 35.5. The Morgan fingerprint density at radius 2 is 2.18 bits per heavy atom. The van der Waals surface area contributed by atoms with E-state index in [0.717, 1.165) is 12.1 Å². The molecule has 0 saturated carbocycles. The van der Waals surface area contributed by atoms with Gasteiger partial charge in [-0.3, -0.25) is 0 Å². The summed E-state index contributed by atoms with van der Waals surface area (Å²) >= 11 is 6.07. The van der Waals surface area contributed by atoms with E-state index in [2.05, 4.69) is 4.98 Å². The Labute approximate surface area is 106 Å². The van der Waals surface area contributed by atoms with Gasteiger partial charge in [-0.05, 0) is 18.6 Å². The summed E-state index contributed by atoms with van der Waals surface area (Å²) in [5, 5.41) is 10.8. The van der Waals surface area contributed by atoms with Crippen molar-refractivity contribution in [2.45, 2.75) is 26.0 Å². The molecule has 0 bridgehead atoms. The number of hydrogen-bond donors (Lipinski definition) is 1. The first-order chi connectivity index (χ1) is 8.22. The van der Waals surface area contributed by atoms with Crippen LogP contribution in [0.3, 0.4) is 0 Å². The maximum Gasteiger partial charge on any atom is 0.137 e. The molecule has 0 aliphatic carbocycles. The second-order valence-corrected chi connectivity index (χ2v) is 4.29. The Bertz CT molecular complexity index is 496. The van der Waals surface area contributed by atoms with E-state index >= 15 is 0 Å². The van der Waals surface area contributed by atoms with E-state index in [1.165, 1.54) is 0 Å². The zero-order chi connectivity index (χ0) is 12.3. The largest absolute Gasteiger partial charge is 0.385 e. The molecular weight excluding hydrogens is 236 g/mol. The molecule has 90 valence electrons. The molecule has 1 unspecified atom stereocenters. The highest BCUT2D eigenvalue weighted by molar-refractivity contribution is 6.31. The van der Waals surface area contributed by atoms with Crippen LogP contribution in [0.4, 0.5) is 0 Å². The molecule has 1 aromatic carbocycles. The third kappa shape index (κ3) is 2.68. The minimum Gasteiger partial charge on any atom is -0.385 e. The molecule has 2 rings (SSSR count). The van der Waals surface area contributed by atoms with Gasteiger partial charge in [0.2, 0.25) is 0 Å². The fraction of sp³-hybridized carbons (Fsp3) is 0.308. The highest BCUT2D eigenvalue weighted by Crippen LogP contribution is 2.22. The molecule has 0 spiro atoms. The smallest absolute Gasteiger partial charge is 0.137 e. The van der Waals surface area contributed by atoms with E-state index in [-0.39, 0.29) is 0 Å². The lowest BCUT2D eigenvalue weighted by atomic mass is 10.1. The average molecular weight is 251 g/mol. The van der Waals surface area contributed by atoms with Crippen molar-refractivity contribution in [3.63, 3.8) is 0 Å². The van der Waals surface area contributed by atoms with Crippen LogP contribution in [0.15, 0.2) is 36.7 Å². The van der Waals surface area contributed by atoms with Crippen molar-refractivity contribution in [1.82, 2.24) is 9.55 Å². The van der Waals surface area contributed by atoms with E-state index in [9.17, 15) is 5.11 Å². The summed E-state index contributed by atoms with van der Waals surface area (Å²) in [6.07, 6.45) is 3.43. The van der Waals surface area contributed by atoms with E-state index in [0.29, 0.717) is 17.3 Å². The number of rotatable bonds is 4. The molecule has 0 fully saturated rings. The van der Waals surface area contributed by atoms with Crippen molar-refractivity contribution in [2.75, 3.05) is 0 Å². The Morgan fingerprint density at radius 1 is 1.41 bits per heavy atom. The summed E-state index contributed by atoms with van der Waals surface area (Å²) in [5.74, 6) is 0.687. The second-order valence-electron chi connectivity index (χ2n) is 3.88. The lowest BCUT2D eigenvalue weighted by Gasteiger charge is -2.12. The molecule has 1 N–H and O–H groups in total. The first-order valence-electron chi connectivity index (χ1n) is 5.65. The summed E-state index contributed by atoms with van der Waals surface area (Å²) < 4.78 is 1.93. The van der Waals surface area contributed by atoms with Gasteiger partial charge >= 0.3 is 0 Å². The van der Waals surface area contributed by atoms with Gasteiger partial charge in [-0.25, -0.2) is 4.98 Å². The molecule has 0 radical (unpaired) electrons. The Kier molecular flexibility index (Phi) is 3.82. The number of benzene rings is 1. The standard InChI is InChI=1S/C13H15ClN2O/c1-2-16-8-7-15-13(16)12(17)9-10-5-3-4-6-11(10)14/h3-8,12,17H,2,9H2,1H3. The van der Waals surface area contributed by atoms with Crippen molar-refractivity contribution in [3.05, 3.63) is 53.1 Å². The second kappa shape index (κ2) is 5.34. The van der Waals surface area contributed by atoms with Crippen LogP contribution in [-0.4, -0.2) is 14.7 Å². The van der Waals surface area contributed by atoms with Gasteiger partial charge in [0, 0.05) is 30.4 Å². The lowest BCUT2D eigenvalue weighted by Crippen LogP contribution is -2.10.